The van der Waals surface area contributed by atoms with E-state index in [4.69, 9.17) is 15.6 Å². The second-order valence-electron chi connectivity index (χ2n) is 7.15. The van der Waals surface area contributed by atoms with Gasteiger partial charge in [-0.2, -0.15) is 13.5 Å². The number of nitrogens with zero attached hydrogens (tertiary/aromatic N) is 4. The van der Waals surface area contributed by atoms with Gasteiger partial charge in [0.1, 0.15) is 29.4 Å². The molecule has 2 aromatic heterocycles. The van der Waals surface area contributed by atoms with E-state index in [0.717, 1.165) is 12.8 Å². The second kappa shape index (κ2) is 7.59. The Morgan fingerprint density at radius 3 is 2.86 bits per heavy atom. The Bertz CT molecular complexity index is 1020. The minimum Gasteiger partial charge on any atom is -0.387 e. The summed E-state index contributed by atoms with van der Waals surface area (Å²) in [5.41, 5.74) is 6.28. The standard InChI is InChI=1S/C15H21FN6O5S2/c1-6(7-2-3-7)28-14-9-12(17)19-5-20-13(9)22(21-14)15-10(16)11(23)8(27-15)4-26-29(18,24)25/h5-8,10-11,15,23H,2-4H2,1H3,(H2,17,19,20)(H2,18,24,25)/t6-,8+,10-,11+,15+/m0/s1. The molecule has 0 spiro atoms. The summed E-state index contributed by atoms with van der Waals surface area (Å²) in [6, 6.07) is 0. The molecule has 2 aromatic rings. The number of nitrogens with two attached hydrogens (primary N) is 2. The molecule has 1 saturated carbocycles. The van der Waals surface area contributed by atoms with Gasteiger partial charge < -0.3 is 15.6 Å². The Morgan fingerprint density at radius 1 is 1.48 bits per heavy atom. The number of fused-ring (bicyclic) bond motifs is 1. The Kier molecular flexibility index (Phi) is 5.41. The average molecular weight is 449 g/mol. The van der Waals surface area contributed by atoms with E-state index in [1.807, 2.05) is 0 Å². The highest BCUT2D eigenvalue weighted by Gasteiger charge is 2.47. The number of anilines is 1. The van der Waals surface area contributed by atoms with Crippen molar-refractivity contribution in [3.8, 4) is 0 Å². The van der Waals surface area contributed by atoms with E-state index >= 15 is 0 Å². The third-order valence-corrected chi connectivity index (χ3v) is 6.73. The van der Waals surface area contributed by atoms with Gasteiger partial charge in [0.25, 0.3) is 0 Å². The van der Waals surface area contributed by atoms with Crippen molar-refractivity contribution in [2.75, 3.05) is 12.3 Å². The van der Waals surface area contributed by atoms with Gasteiger partial charge in [0.15, 0.2) is 18.0 Å². The summed E-state index contributed by atoms with van der Waals surface area (Å²) in [6.45, 7) is 1.45. The molecular formula is C15H21FN6O5S2. The van der Waals surface area contributed by atoms with Crippen molar-refractivity contribution in [3.63, 3.8) is 0 Å². The first-order chi connectivity index (χ1) is 13.7. The van der Waals surface area contributed by atoms with Crippen molar-refractivity contribution in [1.82, 2.24) is 19.7 Å². The van der Waals surface area contributed by atoms with Gasteiger partial charge in [-0.1, -0.05) is 6.92 Å². The van der Waals surface area contributed by atoms with Gasteiger partial charge in [-0.25, -0.2) is 24.2 Å². The summed E-state index contributed by atoms with van der Waals surface area (Å²) in [6.07, 6.45) is -2.61. The van der Waals surface area contributed by atoms with Gasteiger partial charge in [-0.3, -0.25) is 4.18 Å². The van der Waals surface area contributed by atoms with Crippen LogP contribution in [0.5, 0.6) is 0 Å². The van der Waals surface area contributed by atoms with Gasteiger partial charge in [-0.15, -0.1) is 11.8 Å². The largest absolute Gasteiger partial charge is 0.387 e. The van der Waals surface area contributed by atoms with Gasteiger partial charge in [0.2, 0.25) is 0 Å². The smallest absolute Gasteiger partial charge is 0.333 e. The second-order valence-corrected chi connectivity index (χ2v) is 9.73. The van der Waals surface area contributed by atoms with Crippen LogP contribution in [-0.2, 0) is 19.2 Å². The molecule has 0 aromatic carbocycles. The maximum atomic E-state index is 14.8. The molecule has 2 aliphatic rings. The zero-order chi connectivity index (χ0) is 20.9. The highest BCUT2D eigenvalue weighted by atomic mass is 32.2. The fraction of sp³-hybridized carbons (Fsp3) is 0.667. The monoisotopic (exact) mass is 448 g/mol. The fourth-order valence-electron chi connectivity index (χ4n) is 3.26. The third-order valence-electron chi connectivity index (χ3n) is 5.00. The normalized spacial score (nSPS) is 28.8. The van der Waals surface area contributed by atoms with Crippen LogP contribution in [0.25, 0.3) is 11.0 Å². The van der Waals surface area contributed by atoms with Crippen LogP contribution < -0.4 is 10.9 Å². The average Bonchev–Trinajstić information content (AvgIpc) is 3.38. The fourth-order valence-corrected chi connectivity index (χ4v) is 4.85. The van der Waals surface area contributed by atoms with Crippen LogP contribution in [0.1, 0.15) is 26.0 Å². The zero-order valence-corrected chi connectivity index (χ0v) is 17.0. The third kappa shape index (κ3) is 4.18. The number of hydrogen-bond acceptors (Lipinski definition) is 10. The SMILES string of the molecule is C[C@H](Sc1nn([C@@H]2O[C@H](COS(N)(=O)=O)[C@@H](O)[C@@H]2F)c2ncnc(N)c12)C1CC1. The van der Waals surface area contributed by atoms with E-state index in [2.05, 4.69) is 26.2 Å². The summed E-state index contributed by atoms with van der Waals surface area (Å²) in [7, 11) is -4.26. The molecule has 0 amide bonds. The first-order valence-electron chi connectivity index (χ1n) is 8.96. The maximum Gasteiger partial charge on any atom is 0.333 e. The Hall–Kier alpha value is -1.58. The summed E-state index contributed by atoms with van der Waals surface area (Å²) in [4.78, 5) is 8.16. The lowest BCUT2D eigenvalue weighted by Gasteiger charge is -2.14. The van der Waals surface area contributed by atoms with E-state index in [-0.39, 0.29) is 16.7 Å². The lowest BCUT2D eigenvalue weighted by Crippen LogP contribution is -2.33. The number of ether oxygens (including phenoxy) is 1. The van der Waals surface area contributed by atoms with E-state index in [9.17, 15) is 17.9 Å². The van der Waals surface area contributed by atoms with E-state index in [0.29, 0.717) is 16.3 Å². The predicted octanol–water partition coefficient (Wildman–Crippen LogP) is 0.116. The Balaban J connectivity index is 1.65. The first kappa shape index (κ1) is 20.7. The molecule has 1 aliphatic heterocycles. The summed E-state index contributed by atoms with van der Waals surface area (Å²) < 4.78 is 47.9. The van der Waals surface area contributed by atoms with Gasteiger partial charge in [0, 0.05) is 5.25 Å². The van der Waals surface area contributed by atoms with E-state index in [1.54, 1.807) is 0 Å². The van der Waals surface area contributed by atoms with Crippen molar-refractivity contribution < 1.29 is 26.8 Å². The Labute approximate surface area is 170 Å². The van der Waals surface area contributed by atoms with Gasteiger partial charge in [0.05, 0.1) is 12.0 Å². The predicted molar refractivity (Wildman–Crippen MR) is 102 cm³/mol. The molecule has 0 radical (unpaired) electrons. The van der Waals surface area contributed by atoms with Crippen molar-refractivity contribution in [2.24, 2.45) is 11.1 Å². The highest BCUT2D eigenvalue weighted by molar-refractivity contribution is 8.00. The lowest BCUT2D eigenvalue weighted by molar-refractivity contribution is -0.0456. The van der Waals surface area contributed by atoms with Crippen LogP contribution in [-0.4, -0.2) is 63.5 Å². The summed E-state index contributed by atoms with van der Waals surface area (Å²) in [5, 5.41) is 20.7. The van der Waals surface area contributed by atoms with Crippen molar-refractivity contribution in [1.29, 1.82) is 0 Å². The molecular weight excluding hydrogens is 427 g/mol. The van der Waals surface area contributed by atoms with Crippen LogP contribution in [0.15, 0.2) is 11.4 Å². The summed E-state index contributed by atoms with van der Waals surface area (Å²) in [5.74, 6) is 0.791. The Morgan fingerprint density at radius 2 is 2.21 bits per heavy atom. The molecule has 2 fully saturated rings. The molecule has 1 saturated heterocycles. The molecule has 14 heteroatoms. The van der Waals surface area contributed by atoms with Crippen LogP contribution in [0.3, 0.4) is 0 Å². The molecule has 4 rings (SSSR count). The number of nitrogen functional groups attached to an aromatic ring is 1. The van der Waals surface area contributed by atoms with Crippen LogP contribution in [0, 0.1) is 5.92 Å². The minimum absolute atomic E-state index is 0.204. The number of aliphatic hydroxyl groups is 1. The number of halogens is 1. The number of alkyl halides is 1. The van der Waals surface area contributed by atoms with Crippen LogP contribution >= 0.6 is 11.8 Å². The summed E-state index contributed by atoms with van der Waals surface area (Å²) >= 11 is 1.50. The molecule has 3 heterocycles. The number of rotatable bonds is 7. The topological polar surface area (TPSA) is 168 Å². The van der Waals surface area contributed by atoms with Crippen molar-refractivity contribution >= 4 is 38.9 Å². The maximum absolute atomic E-state index is 14.8. The molecule has 29 heavy (non-hydrogen) atoms. The number of aromatic nitrogens is 4. The quantitative estimate of drug-likeness (QED) is 0.494. The van der Waals surface area contributed by atoms with Crippen LogP contribution in [0.4, 0.5) is 10.2 Å². The molecule has 11 nitrogen and oxygen atoms in total. The minimum atomic E-state index is -4.26. The molecule has 5 atom stereocenters. The van der Waals surface area contributed by atoms with E-state index in [1.165, 1.54) is 22.8 Å². The zero-order valence-electron chi connectivity index (χ0n) is 15.4. The van der Waals surface area contributed by atoms with Crippen LogP contribution in [0.2, 0.25) is 0 Å². The van der Waals surface area contributed by atoms with Gasteiger partial charge in [-0.05, 0) is 18.8 Å². The molecule has 1 aliphatic carbocycles. The van der Waals surface area contributed by atoms with Crippen molar-refractivity contribution in [2.45, 2.75) is 54.6 Å². The molecule has 160 valence electrons. The van der Waals surface area contributed by atoms with Gasteiger partial charge >= 0.3 is 10.3 Å². The number of thioether (sulfide) groups is 1. The molecule has 0 unspecified atom stereocenters. The molecule has 0 bridgehead atoms. The number of aliphatic hydroxyl groups excluding tert-OH is 1. The van der Waals surface area contributed by atoms with Crippen molar-refractivity contribution in [3.05, 3.63) is 6.33 Å². The molecule has 5 N–H and O–H groups in total. The van der Waals surface area contributed by atoms with E-state index < -0.39 is 41.5 Å². The first-order valence-corrected chi connectivity index (χ1v) is 11.3. The lowest BCUT2D eigenvalue weighted by atomic mass is 10.1. The highest BCUT2D eigenvalue weighted by Crippen LogP contribution is 2.44. The number of hydrogen-bond donors (Lipinski definition) is 3.